The first kappa shape index (κ1) is 21.9. The minimum absolute atomic E-state index is 0.288. The normalized spacial score (nSPS) is 10.9. The molecular formula is C23H24N2O6. The Bertz CT molecular complexity index is 1060. The fourth-order valence-corrected chi connectivity index (χ4v) is 2.85. The molecule has 0 saturated heterocycles. The van der Waals surface area contributed by atoms with Crippen molar-refractivity contribution in [2.75, 3.05) is 34.4 Å². The Morgan fingerprint density at radius 2 is 1.87 bits per heavy atom. The summed E-state index contributed by atoms with van der Waals surface area (Å²) in [5, 5.41) is 0. The minimum Gasteiger partial charge on any atom is -0.493 e. The number of fused-ring (bicyclic) bond motifs is 1. The highest BCUT2D eigenvalue weighted by atomic mass is 16.5. The fourth-order valence-electron chi connectivity index (χ4n) is 2.85. The van der Waals surface area contributed by atoms with Crippen LogP contribution < -0.4 is 9.47 Å². The second-order valence-corrected chi connectivity index (χ2v) is 6.72. The van der Waals surface area contributed by atoms with Crippen LogP contribution >= 0.6 is 0 Å². The van der Waals surface area contributed by atoms with Crippen molar-refractivity contribution in [3.8, 4) is 11.5 Å². The summed E-state index contributed by atoms with van der Waals surface area (Å²) in [6, 6.07) is 12.9. The fraction of sp³-hybridized carbons (Fsp3) is 0.261. The lowest BCUT2D eigenvalue weighted by Gasteiger charge is -2.17. The number of esters is 1. The van der Waals surface area contributed by atoms with Crippen LogP contribution in [0.2, 0.25) is 0 Å². The van der Waals surface area contributed by atoms with Crippen molar-refractivity contribution in [1.29, 1.82) is 0 Å². The summed E-state index contributed by atoms with van der Waals surface area (Å²) in [4.78, 5) is 29.9. The van der Waals surface area contributed by atoms with Crippen molar-refractivity contribution < 1.29 is 28.2 Å². The van der Waals surface area contributed by atoms with E-state index < -0.39 is 5.97 Å². The van der Waals surface area contributed by atoms with Gasteiger partial charge in [-0.05, 0) is 36.2 Å². The van der Waals surface area contributed by atoms with E-state index in [0.717, 1.165) is 5.56 Å². The number of benzene rings is 2. The topological polar surface area (TPSA) is 91.1 Å². The number of rotatable bonds is 9. The number of nitrogens with zero attached hydrogens (tertiary/aromatic N) is 2. The maximum atomic E-state index is 12.2. The zero-order valence-corrected chi connectivity index (χ0v) is 17.7. The number of hydrogen-bond donors (Lipinski definition) is 0. The van der Waals surface area contributed by atoms with Gasteiger partial charge in [0.15, 0.2) is 23.7 Å². The van der Waals surface area contributed by atoms with Gasteiger partial charge in [0, 0.05) is 25.7 Å². The third-order valence-corrected chi connectivity index (χ3v) is 4.62. The molecule has 0 aliphatic rings. The summed E-state index contributed by atoms with van der Waals surface area (Å²) < 4.78 is 21.0. The van der Waals surface area contributed by atoms with Gasteiger partial charge in [-0.1, -0.05) is 18.2 Å². The van der Waals surface area contributed by atoms with Gasteiger partial charge in [-0.25, -0.2) is 9.78 Å². The molecule has 0 radical (unpaired) electrons. The summed E-state index contributed by atoms with van der Waals surface area (Å²) >= 11 is 0. The molecule has 0 aliphatic heterocycles. The maximum absolute atomic E-state index is 12.2. The second-order valence-electron chi connectivity index (χ2n) is 6.72. The number of carbonyl (C=O) groups excluding carboxylic acids is 2. The summed E-state index contributed by atoms with van der Waals surface area (Å²) in [6.07, 6.45) is 3.21. The average molecular weight is 424 g/mol. The predicted octanol–water partition coefficient (Wildman–Crippen LogP) is 3.10. The van der Waals surface area contributed by atoms with Gasteiger partial charge in [0.1, 0.15) is 5.52 Å². The Morgan fingerprint density at radius 3 is 2.61 bits per heavy atom. The summed E-state index contributed by atoms with van der Waals surface area (Å²) in [5.41, 5.74) is 2.32. The van der Waals surface area contributed by atoms with Crippen molar-refractivity contribution in [1.82, 2.24) is 9.88 Å². The van der Waals surface area contributed by atoms with Crippen LogP contribution in [0.15, 0.2) is 53.0 Å². The lowest BCUT2D eigenvalue weighted by Crippen LogP contribution is -2.32. The highest BCUT2D eigenvalue weighted by Gasteiger charge is 2.12. The monoisotopic (exact) mass is 424 g/mol. The van der Waals surface area contributed by atoms with Gasteiger partial charge < -0.3 is 23.5 Å². The molecule has 0 atom stereocenters. The molecule has 1 heterocycles. The molecule has 0 spiro atoms. The molecule has 31 heavy (non-hydrogen) atoms. The van der Waals surface area contributed by atoms with Gasteiger partial charge in [0.2, 0.25) is 5.89 Å². The van der Waals surface area contributed by atoms with E-state index in [0.29, 0.717) is 35.6 Å². The molecule has 1 amide bonds. The number of ether oxygens (including phenoxy) is 3. The van der Waals surface area contributed by atoms with E-state index in [2.05, 4.69) is 4.98 Å². The lowest BCUT2D eigenvalue weighted by atomic mass is 10.1. The van der Waals surface area contributed by atoms with Crippen LogP contribution in [0.1, 0.15) is 11.5 Å². The molecule has 0 N–H and O–H groups in total. The van der Waals surface area contributed by atoms with Gasteiger partial charge >= 0.3 is 5.97 Å². The lowest BCUT2D eigenvalue weighted by molar-refractivity contribution is -0.147. The Balaban J connectivity index is 1.45. The van der Waals surface area contributed by atoms with Crippen LogP contribution in [0.3, 0.4) is 0 Å². The molecule has 3 rings (SSSR count). The van der Waals surface area contributed by atoms with Crippen molar-refractivity contribution in [2.45, 2.75) is 6.42 Å². The van der Waals surface area contributed by atoms with Gasteiger partial charge in [-0.15, -0.1) is 0 Å². The number of likely N-dealkylation sites (N-methyl/N-ethyl adjacent to an activating group) is 1. The van der Waals surface area contributed by atoms with E-state index in [1.54, 1.807) is 27.3 Å². The molecule has 0 bridgehead atoms. The van der Waals surface area contributed by atoms with Crippen molar-refractivity contribution in [3.05, 3.63) is 60.0 Å². The molecular weight excluding hydrogens is 400 g/mol. The molecule has 1 aromatic heterocycles. The molecule has 2 aromatic carbocycles. The van der Waals surface area contributed by atoms with E-state index in [1.165, 1.54) is 17.1 Å². The summed E-state index contributed by atoms with van der Waals surface area (Å²) in [6.45, 7) is 0.115. The highest BCUT2D eigenvalue weighted by Crippen LogP contribution is 2.27. The number of amides is 1. The number of oxazole rings is 1. The number of methoxy groups -OCH3 is 2. The Morgan fingerprint density at radius 1 is 1.10 bits per heavy atom. The number of carbonyl (C=O) groups is 2. The standard InChI is InChI=1S/C23H24N2O6/c1-25(13-12-16-8-9-19(28-2)20(14-16)29-3)22(26)15-30-23(27)11-10-21-24-17-6-4-5-7-18(17)31-21/h4-11,14H,12-13,15H2,1-3H3/b11-10+. The van der Waals surface area contributed by atoms with Crippen molar-refractivity contribution >= 4 is 29.1 Å². The second kappa shape index (κ2) is 10.3. The Hall–Kier alpha value is -3.81. The Labute approximate surface area is 180 Å². The van der Waals surface area contributed by atoms with Crippen molar-refractivity contribution in [2.24, 2.45) is 0 Å². The molecule has 0 aliphatic carbocycles. The first-order valence-corrected chi connectivity index (χ1v) is 9.65. The van der Waals surface area contributed by atoms with Crippen LogP contribution in [0.25, 0.3) is 17.2 Å². The minimum atomic E-state index is -0.649. The van der Waals surface area contributed by atoms with Crippen LogP contribution in [0.4, 0.5) is 0 Å². The van der Waals surface area contributed by atoms with Crippen LogP contribution in [0.5, 0.6) is 11.5 Å². The first-order valence-electron chi connectivity index (χ1n) is 9.65. The third-order valence-electron chi connectivity index (χ3n) is 4.62. The quantitative estimate of drug-likeness (QED) is 0.385. The Kier molecular flexibility index (Phi) is 7.26. The molecule has 0 fully saturated rings. The van der Waals surface area contributed by atoms with E-state index in [4.69, 9.17) is 18.6 Å². The zero-order chi connectivity index (χ0) is 22.2. The van der Waals surface area contributed by atoms with E-state index in [9.17, 15) is 9.59 Å². The predicted molar refractivity (Wildman–Crippen MR) is 115 cm³/mol. The molecule has 8 heteroatoms. The van der Waals surface area contributed by atoms with Gasteiger partial charge in [0.25, 0.3) is 5.91 Å². The van der Waals surface area contributed by atoms with Gasteiger partial charge in [-0.2, -0.15) is 0 Å². The average Bonchev–Trinajstić information content (AvgIpc) is 3.22. The third kappa shape index (κ3) is 5.85. The number of hydrogen-bond acceptors (Lipinski definition) is 7. The largest absolute Gasteiger partial charge is 0.493 e. The summed E-state index contributed by atoms with van der Waals surface area (Å²) in [7, 11) is 4.81. The van der Waals surface area contributed by atoms with Gasteiger partial charge in [-0.3, -0.25) is 4.79 Å². The first-order chi connectivity index (χ1) is 15.0. The van der Waals surface area contributed by atoms with Crippen LogP contribution in [0, 0.1) is 0 Å². The summed E-state index contributed by atoms with van der Waals surface area (Å²) in [5.74, 6) is 0.617. The van der Waals surface area contributed by atoms with Crippen LogP contribution in [-0.4, -0.2) is 56.2 Å². The molecule has 3 aromatic rings. The smallest absolute Gasteiger partial charge is 0.331 e. The van der Waals surface area contributed by atoms with Crippen LogP contribution in [-0.2, 0) is 20.7 Å². The number of para-hydroxylation sites is 2. The van der Waals surface area contributed by atoms with Crippen molar-refractivity contribution in [3.63, 3.8) is 0 Å². The van der Waals surface area contributed by atoms with E-state index >= 15 is 0 Å². The number of aromatic nitrogens is 1. The SMILES string of the molecule is COc1ccc(CCN(C)C(=O)COC(=O)/C=C/c2nc3ccccc3o2)cc1OC. The molecule has 162 valence electrons. The molecule has 0 unspecified atom stereocenters. The van der Waals surface area contributed by atoms with E-state index in [1.807, 2.05) is 36.4 Å². The zero-order valence-electron chi connectivity index (χ0n) is 17.7. The van der Waals surface area contributed by atoms with Gasteiger partial charge in [0.05, 0.1) is 14.2 Å². The maximum Gasteiger partial charge on any atom is 0.331 e. The van der Waals surface area contributed by atoms with E-state index in [-0.39, 0.29) is 18.4 Å². The molecule has 8 nitrogen and oxygen atoms in total. The molecule has 0 saturated carbocycles. The highest BCUT2D eigenvalue weighted by molar-refractivity contribution is 5.89.